The summed E-state index contributed by atoms with van der Waals surface area (Å²) in [6, 6.07) is 6.19. The molecule has 0 aliphatic rings. The van der Waals surface area contributed by atoms with Gasteiger partial charge in [0.25, 0.3) is 0 Å². The van der Waals surface area contributed by atoms with Crippen molar-refractivity contribution in [3.05, 3.63) is 54.1 Å². The van der Waals surface area contributed by atoms with E-state index in [1.165, 1.54) is 0 Å². The topological polar surface area (TPSA) is 85.7 Å². The second kappa shape index (κ2) is 10.7. The summed E-state index contributed by atoms with van der Waals surface area (Å²) in [6.07, 6.45) is 9.01. The van der Waals surface area contributed by atoms with Crippen LogP contribution in [0.5, 0.6) is 5.75 Å². The zero-order chi connectivity index (χ0) is 24.1. The SMILES string of the molecule is CCCNc1ncc(-c2cc(-c3c(C)cc(OC(C)CC)cc3C)nc(-c3cnccn3)n2)s1. The number of hydrogen-bond acceptors (Lipinski definition) is 8. The number of aryl methyl sites for hydroxylation is 2. The zero-order valence-corrected chi connectivity index (χ0v) is 21.1. The fourth-order valence-electron chi connectivity index (χ4n) is 3.65. The van der Waals surface area contributed by atoms with Crippen molar-refractivity contribution in [2.45, 2.75) is 53.6 Å². The van der Waals surface area contributed by atoms with Gasteiger partial charge in [-0.3, -0.25) is 4.98 Å². The van der Waals surface area contributed by atoms with Crippen LogP contribution in [0.4, 0.5) is 5.13 Å². The molecule has 8 heteroatoms. The number of benzene rings is 1. The largest absolute Gasteiger partial charge is 0.491 e. The van der Waals surface area contributed by atoms with Crippen LogP contribution >= 0.6 is 11.3 Å². The van der Waals surface area contributed by atoms with Crippen LogP contribution in [0.2, 0.25) is 0 Å². The fraction of sp³-hybridized carbons (Fsp3) is 0.346. The van der Waals surface area contributed by atoms with Crippen molar-refractivity contribution >= 4 is 16.5 Å². The van der Waals surface area contributed by atoms with Crippen molar-refractivity contribution in [3.8, 4) is 39.1 Å². The Balaban J connectivity index is 1.81. The molecular weight excluding hydrogens is 444 g/mol. The van der Waals surface area contributed by atoms with Crippen molar-refractivity contribution in [2.24, 2.45) is 0 Å². The van der Waals surface area contributed by atoms with Crippen molar-refractivity contribution < 1.29 is 4.74 Å². The van der Waals surface area contributed by atoms with Crippen LogP contribution in [0.1, 0.15) is 44.7 Å². The number of thiazole rings is 1. The molecule has 0 spiro atoms. The van der Waals surface area contributed by atoms with Gasteiger partial charge in [0.15, 0.2) is 11.0 Å². The minimum Gasteiger partial charge on any atom is -0.491 e. The molecule has 3 aromatic heterocycles. The summed E-state index contributed by atoms with van der Waals surface area (Å²) in [5, 5.41) is 4.24. The number of hydrogen-bond donors (Lipinski definition) is 1. The van der Waals surface area contributed by atoms with E-state index in [2.05, 4.69) is 67.0 Å². The third kappa shape index (κ3) is 5.39. The molecule has 0 aliphatic carbocycles. The Morgan fingerprint density at radius 3 is 2.38 bits per heavy atom. The standard InChI is InChI=1S/C26H30N6OS/c1-6-8-29-26-30-15-23(34-26)20-13-21(32-25(31-20)22-14-27-9-10-28-22)24-16(3)11-19(12-17(24)4)33-18(5)7-2/h9-15,18H,6-8H2,1-5H3,(H,29,30). The quantitative estimate of drug-likeness (QED) is 0.303. The predicted molar refractivity (Wildman–Crippen MR) is 138 cm³/mol. The fourth-order valence-corrected chi connectivity index (χ4v) is 4.45. The van der Waals surface area contributed by atoms with Crippen LogP contribution in [0.3, 0.4) is 0 Å². The molecule has 0 aliphatic heterocycles. The van der Waals surface area contributed by atoms with Crippen molar-refractivity contribution in [1.82, 2.24) is 24.9 Å². The minimum atomic E-state index is 0.167. The molecule has 0 fully saturated rings. The molecule has 34 heavy (non-hydrogen) atoms. The summed E-state index contributed by atoms with van der Waals surface area (Å²) < 4.78 is 6.07. The zero-order valence-electron chi connectivity index (χ0n) is 20.3. The van der Waals surface area contributed by atoms with Gasteiger partial charge in [0.2, 0.25) is 0 Å². The number of aromatic nitrogens is 5. The van der Waals surface area contributed by atoms with Gasteiger partial charge in [0.1, 0.15) is 11.4 Å². The van der Waals surface area contributed by atoms with E-state index < -0.39 is 0 Å². The molecule has 0 saturated carbocycles. The van der Waals surface area contributed by atoms with E-state index in [1.54, 1.807) is 29.9 Å². The Hall–Kier alpha value is -3.39. The van der Waals surface area contributed by atoms with Crippen LogP contribution in [-0.2, 0) is 0 Å². The van der Waals surface area contributed by atoms with Crippen molar-refractivity contribution in [1.29, 1.82) is 0 Å². The smallest absolute Gasteiger partial charge is 0.183 e. The van der Waals surface area contributed by atoms with Gasteiger partial charge in [-0.1, -0.05) is 25.2 Å². The van der Waals surface area contributed by atoms with Crippen LogP contribution in [0, 0.1) is 13.8 Å². The van der Waals surface area contributed by atoms with Gasteiger partial charge < -0.3 is 10.1 Å². The maximum atomic E-state index is 6.07. The second-order valence-electron chi connectivity index (χ2n) is 8.28. The Morgan fingerprint density at radius 2 is 1.71 bits per heavy atom. The van der Waals surface area contributed by atoms with Crippen molar-refractivity contribution in [3.63, 3.8) is 0 Å². The molecule has 4 rings (SSSR count). The van der Waals surface area contributed by atoms with E-state index in [9.17, 15) is 0 Å². The minimum absolute atomic E-state index is 0.167. The highest BCUT2D eigenvalue weighted by molar-refractivity contribution is 7.18. The Kier molecular flexibility index (Phi) is 7.47. The summed E-state index contributed by atoms with van der Waals surface area (Å²) in [5.41, 5.74) is 5.55. The van der Waals surface area contributed by atoms with E-state index in [0.717, 1.165) is 63.2 Å². The number of rotatable bonds is 9. The van der Waals surface area contributed by atoms with E-state index in [4.69, 9.17) is 14.7 Å². The average molecular weight is 475 g/mol. The Morgan fingerprint density at radius 1 is 0.941 bits per heavy atom. The molecule has 0 amide bonds. The van der Waals surface area contributed by atoms with Crippen LogP contribution in [-0.4, -0.2) is 37.6 Å². The Bertz CT molecular complexity index is 1230. The first-order valence-corrected chi connectivity index (χ1v) is 12.4. The van der Waals surface area contributed by atoms with Gasteiger partial charge in [-0.2, -0.15) is 0 Å². The van der Waals surface area contributed by atoms with Gasteiger partial charge >= 0.3 is 0 Å². The summed E-state index contributed by atoms with van der Waals surface area (Å²) >= 11 is 1.59. The van der Waals surface area contributed by atoms with E-state index in [1.807, 2.05) is 12.3 Å². The van der Waals surface area contributed by atoms with E-state index >= 15 is 0 Å². The highest BCUT2D eigenvalue weighted by atomic mass is 32.1. The molecule has 0 radical (unpaired) electrons. The highest BCUT2D eigenvalue weighted by Gasteiger charge is 2.17. The third-order valence-corrected chi connectivity index (χ3v) is 6.45. The third-order valence-electron chi connectivity index (χ3n) is 5.48. The lowest BCUT2D eigenvalue weighted by Gasteiger charge is -2.17. The maximum Gasteiger partial charge on any atom is 0.183 e. The molecule has 4 aromatic rings. The molecule has 0 bridgehead atoms. The normalized spacial score (nSPS) is 11.9. The first-order chi connectivity index (χ1) is 16.5. The highest BCUT2D eigenvalue weighted by Crippen LogP contribution is 2.35. The van der Waals surface area contributed by atoms with Crippen LogP contribution in [0.25, 0.3) is 33.3 Å². The molecule has 1 unspecified atom stereocenters. The molecule has 0 saturated heterocycles. The second-order valence-corrected chi connectivity index (χ2v) is 9.31. The first kappa shape index (κ1) is 23.8. The van der Waals surface area contributed by atoms with E-state index in [-0.39, 0.29) is 6.10 Å². The predicted octanol–water partition coefficient (Wildman–Crippen LogP) is 6.34. The summed E-state index contributed by atoms with van der Waals surface area (Å²) in [4.78, 5) is 23.9. The molecule has 176 valence electrons. The number of nitrogens with zero attached hydrogens (tertiary/aromatic N) is 5. The summed E-state index contributed by atoms with van der Waals surface area (Å²) in [5.74, 6) is 1.42. The lowest BCUT2D eigenvalue weighted by molar-refractivity contribution is 0.217. The van der Waals surface area contributed by atoms with Gasteiger partial charge in [0.05, 0.1) is 28.6 Å². The molecule has 1 aromatic carbocycles. The summed E-state index contributed by atoms with van der Waals surface area (Å²) in [7, 11) is 0. The lowest BCUT2D eigenvalue weighted by atomic mass is 9.98. The van der Waals surface area contributed by atoms with Crippen LogP contribution < -0.4 is 10.1 Å². The lowest BCUT2D eigenvalue weighted by Crippen LogP contribution is -2.10. The molecule has 1 N–H and O–H groups in total. The van der Waals surface area contributed by atoms with Crippen LogP contribution in [0.15, 0.2) is 43.0 Å². The Labute approximate surface area is 204 Å². The number of ether oxygens (including phenoxy) is 1. The molecule has 1 atom stereocenters. The summed E-state index contributed by atoms with van der Waals surface area (Å²) in [6.45, 7) is 11.4. The monoisotopic (exact) mass is 474 g/mol. The number of anilines is 1. The van der Waals surface area contributed by atoms with E-state index in [0.29, 0.717) is 11.5 Å². The molecule has 7 nitrogen and oxygen atoms in total. The van der Waals surface area contributed by atoms with Crippen molar-refractivity contribution in [2.75, 3.05) is 11.9 Å². The van der Waals surface area contributed by atoms with Gasteiger partial charge in [0, 0.05) is 30.7 Å². The average Bonchev–Trinajstić information content (AvgIpc) is 3.32. The van der Waals surface area contributed by atoms with Gasteiger partial charge in [-0.15, -0.1) is 0 Å². The molecular formula is C26H30N6OS. The maximum absolute atomic E-state index is 6.07. The molecule has 3 heterocycles. The first-order valence-electron chi connectivity index (χ1n) is 11.6. The van der Waals surface area contributed by atoms with Gasteiger partial charge in [-0.05, 0) is 62.9 Å². The number of nitrogens with one attached hydrogen (secondary N) is 1. The van der Waals surface area contributed by atoms with Gasteiger partial charge in [-0.25, -0.2) is 19.9 Å².